The van der Waals surface area contributed by atoms with E-state index in [9.17, 15) is 20.2 Å². The van der Waals surface area contributed by atoms with Crippen molar-refractivity contribution in [2.45, 2.75) is 0 Å². The topological polar surface area (TPSA) is 122 Å². The van der Waals surface area contributed by atoms with Crippen LogP contribution >= 0.6 is 0 Å². The van der Waals surface area contributed by atoms with E-state index in [-0.39, 0.29) is 16.9 Å². The third kappa shape index (κ3) is 2.34. The van der Waals surface area contributed by atoms with Crippen molar-refractivity contribution in [1.82, 2.24) is 0 Å². The van der Waals surface area contributed by atoms with Gasteiger partial charge in [-0.25, -0.2) is 5.53 Å². The molecule has 0 bridgehead atoms. The number of benzene rings is 2. The summed E-state index contributed by atoms with van der Waals surface area (Å²) in [6.07, 6.45) is 0. The third-order valence-corrected chi connectivity index (χ3v) is 2.70. The Morgan fingerprint density at radius 2 is 1.65 bits per heavy atom. The molecule has 0 spiro atoms. The maximum Gasteiger partial charge on any atom is 0.284 e. The van der Waals surface area contributed by atoms with E-state index in [1.54, 1.807) is 18.2 Å². The van der Waals surface area contributed by atoms with Gasteiger partial charge in [0.15, 0.2) is 0 Å². The lowest BCUT2D eigenvalue weighted by Crippen LogP contribution is -1.95. The molecule has 0 unspecified atom stereocenters. The quantitative estimate of drug-likeness (QED) is 0.516. The average molecular weight is 272 g/mol. The largest absolute Gasteiger partial charge is 0.284 e. The van der Waals surface area contributed by atoms with Gasteiger partial charge in [-0.2, -0.15) is 5.11 Å². The van der Waals surface area contributed by atoms with Crippen molar-refractivity contribution in [1.29, 1.82) is 5.53 Å². The number of nitrogens with zero attached hydrogens (tertiary/aromatic N) is 3. The molecule has 0 fully saturated rings. The van der Waals surface area contributed by atoms with E-state index < -0.39 is 15.5 Å². The maximum absolute atomic E-state index is 11.1. The summed E-state index contributed by atoms with van der Waals surface area (Å²) in [4.78, 5) is 20.4. The second-order valence-electron chi connectivity index (χ2n) is 3.84. The van der Waals surface area contributed by atoms with E-state index in [1.165, 1.54) is 18.2 Å². The summed E-state index contributed by atoms with van der Waals surface area (Å²) in [5.74, 6) is 0. The van der Waals surface area contributed by atoms with E-state index in [4.69, 9.17) is 5.53 Å². The Hall–Kier alpha value is -3.16. The van der Waals surface area contributed by atoms with E-state index in [0.717, 1.165) is 6.07 Å². The first-order valence-electron chi connectivity index (χ1n) is 5.44. The smallest absolute Gasteiger partial charge is 0.258 e. The lowest BCUT2D eigenvalue weighted by atomic mass is 10.0. The first-order chi connectivity index (χ1) is 9.54. The highest BCUT2D eigenvalue weighted by Crippen LogP contribution is 2.37. The normalized spacial score (nSPS) is 10.0. The molecule has 0 radical (unpaired) electrons. The fraction of sp³-hybridized carbons (Fsp3) is 0. The number of rotatable bonds is 4. The number of para-hydroxylation sites is 1. The Labute approximate surface area is 112 Å². The molecule has 0 amide bonds. The molecular formula is C12H8N4O4. The zero-order valence-corrected chi connectivity index (χ0v) is 10.0. The molecule has 0 saturated heterocycles. The van der Waals surface area contributed by atoms with Gasteiger partial charge in [0.2, 0.25) is 0 Å². The summed E-state index contributed by atoms with van der Waals surface area (Å²) in [5.41, 5.74) is 7.14. The van der Waals surface area contributed by atoms with E-state index in [1.807, 2.05) is 0 Å². The minimum absolute atomic E-state index is 0.187. The van der Waals surface area contributed by atoms with Crippen LogP contribution < -0.4 is 0 Å². The molecule has 1 N–H and O–H groups in total. The zero-order chi connectivity index (χ0) is 14.7. The van der Waals surface area contributed by atoms with Gasteiger partial charge in [-0.05, 0) is 12.1 Å². The van der Waals surface area contributed by atoms with Crippen LogP contribution in [0.3, 0.4) is 0 Å². The maximum atomic E-state index is 11.1. The van der Waals surface area contributed by atoms with Gasteiger partial charge in [0.05, 0.1) is 27.2 Å². The van der Waals surface area contributed by atoms with Crippen molar-refractivity contribution in [3.8, 4) is 11.1 Å². The summed E-state index contributed by atoms with van der Waals surface area (Å²) >= 11 is 0. The second-order valence-corrected chi connectivity index (χ2v) is 3.84. The summed E-state index contributed by atoms with van der Waals surface area (Å²) in [6, 6.07) is 9.78. The molecule has 20 heavy (non-hydrogen) atoms. The molecule has 0 aliphatic carbocycles. The molecule has 2 aromatic rings. The number of nitro benzene ring substituents is 2. The Kier molecular flexibility index (Phi) is 3.47. The summed E-state index contributed by atoms with van der Waals surface area (Å²) in [5, 5.41) is 25.1. The summed E-state index contributed by atoms with van der Waals surface area (Å²) < 4.78 is 0. The highest BCUT2D eigenvalue weighted by Gasteiger charge is 2.21. The van der Waals surface area contributed by atoms with Crippen molar-refractivity contribution >= 4 is 17.1 Å². The third-order valence-electron chi connectivity index (χ3n) is 2.70. The van der Waals surface area contributed by atoms with Crippen LogP contribution in [0.5, 0.6) is 0 Å². The van der Waals surface area contributed by atoms with Crippen LogP contribution in [-0.4, -0.2) is 9.85 Å². The van der Waals surface area contributed by atoms with Crippen LogP contribution in [0.15, 0.2) is 47.6 Å². The highest BCUT2D eigenvalue weighted by molar-refractivity contribution is 5.82. The van der Waals surface area contributed by atoms with E-state index in [2.05, 4.69) is 5.11 Å². The summed E-state index contributed by atoms with van der Waals surface area (Å²) in [7, 11) is 0. The predicted molar refractivity (Wildman–Crippen MR) is 70.0 cm³/mol. The number of hydrogen-bond donors (Lipinski definition) is 1. The van der Waals surface area contributed by atoms with Crippen LogP contribution in [0.25, 0.3) is 11.1 Å². The van der Waals surface area contributed by atoms with Gasteiger partial charge in [-0.3, -0.25) is 20.2 Å². The molecule has 0 saturated carbocycles. The fourth-order valence-electron chi connectivity index (χ4n) is 1.81. The minimum Gasteiger partial charge on any atom is -0.258 e. The van der Waals surface area contributed by atoms with Gasteiger partial charge in [-0.15, -0.1) is 0 Å². The first kappa shape index (κ1) is 13.3. The second kappa shape index (κ2) is 5.22. The molecule has 2 aromatic carbocycles. The number of nitro groups is 2. The molecule has 2 rings (SSSR count). The van der Waals surface area contributed by atoms with Gasteiger partial charge in [0.25, 0.3) is 11.4 Å². The Bertz CT molecular complexity index is 714. The molecule has 8 heteroatoms. The highest BCUT2D eigenvalue weighted by atomic mass is 16.6. The van der Waals surface area contributed by atoms with Crippen molar-refractivity contribution in [3.63, 3.8) is 0 Å². The molecule has 0 aromatic heterocycles. The lowest BCUT2D eigenvalue weighted by Gasteiger charge is -2.05. The van der Waals surface area contributed by atoms with Crippen molar-refractivity contribution in [2.24, 2.45) is 5.11 Å². The number of non-ortho nitro benzene ring substituents is 1. The molecule has 0 heterocycles. The van der Waals surface area contributed by atoms with Crippen molar-refractivity contribution in [2.75, 3.05) is 0 Å². The number of hydrogen-bond acceptors (Lipinski definition) is 6. The Balaban J connectivity index is 2.70. The van der Waals surface area contributed by atoms with Crippen molar-refractivity contribution in [3.05, 3.63) is 62.7 Å². The van der Waals surface area contributed by atoms with Crippen LogP contribution in [0.2, 0.25) is 0 Å². The lowest BCUT2D eigenvalue weighted by molar-refractivity contribution is -0.393. The zero-order valence-electron chi connectivity index (χ0n) is 10.0. The van der Waals surface area contributed by atoms with Gasteiger partial charge < -0.3 is 0 Å². The SMILES string of the molecule is N=Nc1ccccc1-c1ccc([N+](=O)[O-])cc1[N+](=O)[O-]. The fourth-order valence-corrected chi connectivity index (χ4v) is 1.81. The molecule has 0 aliphatic heterocycles. The molecule has 0 aliphatic rings. The van der Waals surface area contributed by atoms with Crippen LogP contribution in [0.4, 0.5) is 17.1 Å². The monoisotopic (exact) mass is 272 g/mol. The van der Waals surface area contributed by atoms with Gasteiger partial charge in [0, 0.05) is 11.6 Å². The van der Waals surface area contributed by atoms with Crippen LogP contribution in [0, 0.1) is 25.8 Å². The Morgan fingerprint density at radius 3 is 2.25 bits per heavy atom. The van der Waals surface area contributed by atoms with Gasteiger partial charge in [-0.1, -0.05) is 18.2 Å². The average Bonchev–Trinajstić information content (AvgIpc) is 2.46. The predicted octanol–water partition coefficient (Wildman–Crippen LogP) is 3.83. The molecule has 8 nitrogen and oxygen atoms in total. The Morgan fingerprint density at radius 1 is 0.950 bits per heavy atom. The first-order valence-corrected chi connectivity index (χ1v) is 5.44. The van der Waals surface area contributed by atoms with Crippen LogP contribution in [0.1, 0.15) is 0 Å². The molecular weight excluding hydrogens is 264 g/mol. The van der Waals surface area contributed by atoms with Gasteiger partial charge >= 0.3 is 0 Å². The van der Waals surface area contributed by atoms with Crippen molar-refractivity contribution < 1.29 is 9.85 Å². The minimum atomic E-state index is -0.697. The molecule has 100 valence electrons. The van der Waals surface area contributed by atoms with E-state index in [0.29, 0.717) is 5.56 Å². The molecule has 0 atom stereocenters. The van der Waals surface area contributed by atoms with E-state index >= 15 is 0 Å². The standard InChI is InChI=1S/C12H8N4O4/c13-14-11-4-2-1-3-9(11)10-6-5-8(15(17)18)7-12(10)16(19)20/h1-7,13H. The van der Waals surface area contributed by atoms with Crippen LogP contribution in [-0.2, 0) is 0 Å². The van der Waals surface area contributed by atoms with Gasteiger partial charge in [0.1, 0.15) is 0 Å². The summed E-state index contributed by atoms with van der Waals surface area (Å²) in [6.45, 7) is 0. The number of nitrogens with one attached hydrogen (secondary N) is 1.